The fourth-order valence-corrected chi connectivity index (χ4v) is 2.06. The molecule has 124 valence electrons. The van der Waals surface area contributed by atoms with Gasteiger partial charge >= 0.3 is 12.1 Å². The normalized spacial score (nSPS) is 12.8. The third-order valence-electron chi connectivity index (χ3n) is 3.27. The highest BCUT2D eigenvalue weighted by Crippen LogP contribution is 2.15. The highest BCUT2D eigenvalue weighted by Gasteiger charge is 2.29. The van der Waals surface area contributed by atoms with Crippen molar-refractivity contribution < 1.29 is 19.4 Å². The van der Waals surface area contributed by atoms with E-state index in [0.29, 0.717) is 6.42 Å². The lowest BCUT2D eigenvalue weighted by atomic mass is 10.1. The summed E-state index contributed by atoms with van der Waals surface area (Å²) in [5.74, 6) is -0.975. The Kier molecular flexibility index (Phi) is 9.06. The van der Waals surface area contributed by atoms with E-state index in [1.165, 1.54) is 31.2 Å². The number of hydrogen-bond donors (Lipinski definition) is 1. The fourth-order valence-electron chi connectivity index (χ4n) is 2.06. The van der Waals surface area contributed by atoms with Crippen molar-refractivity contribution in [2.45, 2.75) is 84.3 Å². The highest BCUT2D eigenvalue weighted by atomic mass is 16.6. The van der Waals surface area contributed by atoms with Crippen LogP contribution in [0.5, 0.6) is 0 Å². The Morgan fingerprint density at radius 3 is 2.10 bits per heavy atom. The van der Waals surface area contributed by atoms with Crippen LogP contribution < -0.4 is 0 Å². The van der Waals surface area contributed by atoms with Gasteiger partial charge < -0.3 is 9.84 Å². The molecule has 0 aromatic rings. The van der Waals surface area contributed by atoms with E-state index in [9.17, 15) is 14.7 Å². The molecule has 0 aliphatic heterocycles. The number of carboxylic acid groups (broad SMARTS) is 1. The van der Waals surface area contributed by atoms with E-state index < -0.39 is 23.7 Å². The Labute approximate surface area is 128 Å². The van der Waals surface area contributed by atoms with Crippen LogP contribution in [0.15, 0.2) is 0 Å². The number of amides is 1. The van der Waals surface area contributed by atoms with Gasteiger partial charge in [0.05, 0.1) is 0 Å². The SMILES string of the molecule is CCCCCCCC[C@@H](C(=O)O)N(C)C(=O)OC(C)(C)C. The van der Waals surface area contributed by atoms with E-state index in [1.807, 2.05) is 0 Å². The lowest BCUT2D eigenvalue weighted by molar-refractivity contribution is -0.143. The quantitative estimate of drug-likeness (QED) is 0.652. The van der Waals surface area contributed by atoms with Gasteiger partial charge in [-0.1, -0.05) is 45.4 Å². The van der Waals surface area contributed by atoms with Crippen molar-refractivity contribution in [3.8, 4) is 0 Å². The van der Waals surface area contributed by atoms with Crippen LogP contribution in [0, 0.1) is 0 Å². The number of carbonyl (C=O) groups is 2. The lowest BCUT2D eigenvalue weighted by Gasteiger charge is -2.28. The Hall–Kier alpha value is -1.26. The van der Waals surface area contributed by atoms with E-state index in [1.54, 1.807) is 20.8 Å². The molecule has 0 rings (SSSR count). The topological polar surface area (TPSA) is 66.8 Å². The average Bonchev–Trinajstić information content (AvgIpc) is 2.34. The van der Waals surface area contributed by atoms with Crippen molar-refractivity contribution in [3.63, 3.8) is 0 Å². The molecule has 0 aliphatic carbocycles. The number of carboxylic acids is 1. The molecule has 0 aliphatic rings. The van der Waals surface area contributed by atoms with Gasteiger partial charge in [-0.3, -0.25) is 4.90 Å². The molecule has 0 unspecified atom stereocenters. The third kappa shape index (κ3) is 9.32. The first-order valence-electron chi connectivity index (χ1n) is 7.87. The second-order valence-electron chi connectivity index (χ2n) is 6.50. The molecule has 0 bridgehead atoms. The molecule has 0 aromatic carbocycles. The van der Waals surface area contributed by atoms with E-state index in [0.717, 1.165) is 19.3 Å². The smallest absolute Gasteiger partial charge is 0.410 e. The van der Waals surface area contributed by atoms with Crippen molar-refractivity contribution >= 4 is 12.1 Å². The first-order chi connectivity index (χ1) is 9.69. The zero-order valence-corrected chi connectivity index (χ0v) is 14.1. The first-order valence-corrected chi connectivity index (χ1v) is 7.87. The van der Waals surface area contributed by atoms with Crippen LogP contribution in [0.25, 0.3) is 0 Å². The van der Waals surface area contributed by atoms with Crippen molar-refractivity contribution in [1.29, 1.82) is 0 Å². The summed E-state index contributed by atoms with van der Waals surface area (Å²) >= 11 is 0. The van der Waals surface area contributed by atoms with Gasteiger partial charge in [0, 0.05) is 7.05 Å². The van der Waals surface area contributed by atoms with E-state index in [-0.39, 0.29) is 0 Å². The molecule has 21 heavy (non-hydrogen) atoms. The van der Waals surface area contributed by atoms with Crippen molar-refractivity contribution in [2.24, 2.45) is 0 Å². The number of hydrogen-bond acceptors (Lipinski definition) is 3. The van der Waals surface area contributed by atoms with Crippen LogP contribution >= 0.6 is 0 Å². The molecule has 5 heteroatoms. The van der Waals surface area contributed by atoms with Gasteiger partial charge in [-0.25, -0.2) is 9.59 Å². The maximum atomic E-state index is 11.9. The minimum absolute atomic E-state index is 0.469. The lowest BCUT2D eigenvalue weighted by Crippen LogP contribution is -2.44. The van der Waals surface area contributed by atoms with Gasteiger partial charge in [-0.2, -0.15) is 0 Å². The molecule has 0 aromatic heterocycles. The predicted molar refractivity (Wildman–Crippen MR) is 83.4 cm³/mol. The number of aliphatic carboxylic acids is 1. The summed E-state index contributed by atoms with van der Waals surface area (Å²) in [6, 6.07) is -0.814. The largest absolute Gasteiger partial charge is 0.480 e. The van der Waals surface area contributed by atoms with Gasteiger partial charge in [0.15, 0.2) is 0 Å². The van der Waals surface area contributed by atoms with Crippen molar-refractivity contribution in [3.05, 3.63) is 0 Å². The number of carbonyl (C=O) groups excluding carboxylic acids is 1. The first kappa shape index (κ1) is 19.7. The van der Waals surface area contributed by atoms with Gasteiger partial charge in [0.1, 0.15) is 11.6 Å². The molecule has 0 spiro atoms. The van der Waals surface area contributed by atoms with Gasteiger partial charge in [0.25, 0.3) is 0 Å². The molecule has 0 radical (unpaired) electrons. The second kappa shape index (κ2) is 9.64. The molecule has 1 N–H and O–H groups in total. The zero-order chi connectivity index (χ0) is 16.5. The summed E-state index contributed by atoms with van der Waals surface area (Å²) in [6.07, 6.45) is 6.43. The monoisotopic (exact) mass is 301 g/mol. The van der Waals surface area contributed by atoms with Crippen LogP contribution in [-0.2, 0) is 9.53 Å². The van der Waals surface area contributed by atoms with E-state index >= 15 is 0 Å². The number of unbranched alkanes of at least 4 members (excludes halogenated alkanes) is 5. The third-order valence-corrected chi connectivity index (χ3v) is 3.27. The van der Waals surface area contributed by atoms with Gasteiger partial charge in [0.2, 0.25) is 0 Å². The standard InChI is InChI=1S/C16H31NO4/c1-6-7-8-9-10-11-12-13(14(18)19)17(5)15(20)21-16(2,3)4/h13H,6-12H2,1-5H3,(H,18,19)/t13-/m0/s1. The number of nitrogens with zero attached hydrogens (tertiary/aromatic N) is 1. The summed E-state index contributed by atoms with van der Waals surface area (Å²) in [6.45, 7) is 7.46. The second-order valence-corrected chi connectivity index (χ2v) is 6.50. The highest BCUT2D eigenvalue weighted by molar-refractivity contribution is 5.79. The Bertz CT molecular complexity index is 323. The number of likely N-dealkylation sites (N-methyl/N-ethyl adjacent to an activating group) is 1. The fraction of sp³-hybridized carbons (Fsp3) is 0.875. The van der Waals surface area contributed by atoms with E-state index in [4.69, 9.17) is 4.74 Å². The Balaban J connectivity index is 4.28. The molecular weight excluding hydrogens is 270 g/mol. The summed E-state index contributed by atoms with van der Waals surface area (Å²) in [5.41, 5.74) is -0.617. The summed E-state index contributed by atoms with van der Waals surface area (Å²) in [5, 5.41) is 9.28. The molecule has 0 saturated carbocycles. The minimum Gasteiger partial charge on any atom is -0.480 e. The molecular formula is C16H31NO4. The van der Waals surface area contributed by atoms with Gasteiger partial charge in [-0.05, 0) is 27.2 Å². The summed E-state index contributed by atoms with van der Waals surface area (Å²) in [7, 11) is 1.49. The molecule has 1 amide bonds. The summed E-state index contributed by atoms with van der Waals surface area (Å²) in [4.78, 5) is 24.4. The Morgan fingerprint density at radius 2 is 1.62 bits per heavy atom. The van der Waals surface area contributed by atoms with E-state index in [2.05, 4.69) is 6.92 Å². The van der Waals surface area contributed by atoms with Crippen molar-refractivity contribution in [2.75, 3.05) is 7.05 Å². The minimum atomic E-state index is -0.975. The maximum absolute atomic E-state index is 11.9. The van der Waals surface area contributed by atoms with Crippen molar-refractivity contribution in [1.82, 2.24) is 4.90 Å². The number of ether oxygens (including phenoxy) is 1. The number of rotatable bonds is 9. The molecule has 0 fully saturated rings. The Morgan fingerprint density at radius 1 is 1.10 bits per heavy atom. The molecule has 1 atom stereocenters. The van der Waals surface area contributed by atoms with Crippen LogP contribution in [0.1, 0.15) is 72.6 Å². The van der Waals surface area contributed by atoms with Crippen LogP contribution in [0.3, 0.4) is 0 Å². The molecule has 0 heterocycles. The molecule has 0 saturated heterocycles. The van der Waals surface area contributed by atoms with Crippen LogP contribution in [0.4, 0.5) is 4.79 Å². The summed E-state index contributed by atoms with van der Waals surface area (Å²) < 4.78 is 5.21. The average molecular weight is 301 g/mol. The van der Waals surface area contributed by atoms with Crippen LogP contribution in [-0.4, -0.2) is 40.8 Å². The molecule has 5 nitrogen and oxygen atoms in total. The zero-order valence-electron chi connectivity index (χ0n) is 14.1. The predicted octanol–water partition coefficient (Wildman–Crippen LogP) is 4.06. The van der Waals surface area contributed by atoms with Gasteiger partial charge in [-0.15, -0.1) is 0 Å². The van der Waals surface area contributed by atoms with Crippen LogP contribution in [0.2, 0.25) is 0 Å². The maximum Gasteiger partial charge on any atom is 0.410 e.